The van der Waals surface area contributed by atoms with Gasteiger partial charge in [0.1, 0.15) is 0 Å². The van der Waals surface area contributed by atoms with Crippen LogP contribution in [-0.2, 0) is 0 Å². The number of hydrogen-bond donors (Lipinski definition) is 1. The van der Waals surface area contributed by atoms with Gasteiger partial charge in [0.25, 0.3) is 0 Å². The molecule has 2 aromatic rings. The first-order valence-corrected chi connectivity index (χ1v) is 5.90. The van der Waals surface area contributed by atoms with E-state index in [1.165, 1.54) is 15.3 Å². The second kappa shape index (κ2) is 3.87. The van der Waals surface area contributed by atoms with Crippen LogP contribution in [0.3, 0.4) is 0 Å². The first-order valence-electron chi connectivity index (χ1n) is 4.70. The van der Waals surface area contributed by atoms with Crippen molar-refractivity contribution in [1.29, 1.82) is 0 Å². The summed E-state index contributed by atoms with van der Waals surface area (Å²) in [4.78, 5) is 2.60. The minimum absolute atomic E-state index is 0.681. The maximum atomic E-state index is 5.95. The van der Waals surface area contributed by atoms with Crippen LogP contribution in [-0.4, -0.2) is 0 Å². The van der Waals surface area contributed by atoms with E-state index in [1.807, 2.05) is 12.1 Å². The van der Waals surface area contributed by atoms with Crippen LogP contribution in [0.5, 0.6) is 0 Å². The Morgan fingerprint density at radius 2 is 1.87 bits per heavy atom. The van der Waals surface area contributed by atoms with Crippen LogP contribution in [0.25, 0.3) is 11.1 Å². The Balaban J connectivity index is 2.59. The molecule has 0 radical (unpaired) electrons. The number of hydrogen-bond acceptors (Lipinski definition) is 2. The number of rotatable bonds is 1. The fourth-order valence-electron chi connectivity index (χ4n) is 1.68. The average molecular weight is 238 g/mol. The van der Waals surface area contributed by atoms with E-state index < -0.39 is 0 Å². The van der Waals surface area contributed by atoms with Gasteiger partial charge in [-0.15, -0.1) is 11.3 Å². The van der Waals surface area contributed by atoms with Crippen molar-refractivity contribution in [1.82, 2.24) is 0 Å². The monoisotopic (exact) mass is 237 g/mol. The zero-order valence-electron chi connectivity index (χ0n) is 8.67. The van der Waals surface area contributed by atoms with Gasteiger partial charge in [-0.25, -0.2) is 0 Å². The van der Waals surface area contributed by atoms with Gasteiger partial charge in [-0.1, -0.05) is 17.7 Å². The predicted molar refractivity (Wildman–Crippen MR) is 68.7 cm³/mol. The summed E-state index contributed by atoms with van der Waals surface area (Å²) in [6, 6.07) is 7.81. The van der Waals surface area contributed by atoms with Gasteiger partial charge in [0.2, 0.25) is 0 Å². The zero-order chi connectivity index (χ0) is 11.0. The lowest BCUT2D eigenvalue weighted by atomic mass is 10.0. The molecule has 0 aliphatic carbocycles. The maximum Gasteiger partial charge on any atom is 0.0426 e. The Bertz CT molecular complexity index is 502. The predicted octanol–water partition coefficient (Wildman–Crippen LogP) is 4.27. The van der Waals surface area contributed by atoms with Gasteiger partial charge in [-0.3, -0.25) is 0 Å². The van der Waals surface area contributed by atoms with Gasteiger partial charge in [-0.05, 0) is 37.6 Å². The summed E-state index contributed by atoms with van der Waals surface area (Å²) in [5, 5.41) is 0.681. The van der Waals surface area contributed by atoms with E-state index in [2.05, 4.69) is 19.9 Å². The molecule has 0 atom stereocenters. The quantitative estimate of drug-likeness (QED) is 0.737. The fraction of sp³-hybridized carbons (Fsp3) is 0.167. The molecule has 78 valence electrons. The number of aryl methyl sites for hydroxylation is 2. The Morgan fingerprint density at radius 3 is 2.40 bits per heavy atom. The zero-order valence-corrected chi connectivity index (χ0v) is 10.2. The molecule has 0 amide bonds. The number of nitrogens with two attached hydrogens (primary N) is 1. The standard InChI is InChI=1S/C12H12ClNS/c1-7-5-11(8(2)15-7)10-4-3-9(13)6-12(10)14/h3-6H,14H2,1-2H3. The van der Waals surface area contributed by atoms with E-state index in [9.17, 15) is 0 Å². The number of halogens is 1. The maximum absolute atomic E-state index is 5.95. The van der Waals surface area contributed by atoms with Crippen molar-refractivity contribution in [2.75, 3.05) is 5.73 Å². The summed E-state index contributed by atoms with van der Waals surface area (Å²) in [6.07, 6.45) is 0. The molecule has 3 heteroatoms. The number of nitrogen functional groups attached to an aromatic ring is 1. The first kappa shape index (κ1) is 10.5. The van der Waals surface area contributed by atoms with E-state index >= 15 is 0 Å². The van der Waals surface area contributed by atoms with Gasteiger partial charge in [0.05, 0.1) is 0 Å². The molecule has 2 rings (SSSR count). The number of benzene rings is 1. The van der Waals surface area contributed by atoms with Crippen LogP contribution in [0.2, 0.25) is 5.02 Å². The molecule has 0 bridgehead atoms. The van der Waals surface area contributed by atoms with E-state index in [4.69, 9.17) is 17.3 Å². The van der Waals surface area contributed by atoms with Crippen LogP contribution >= 0.6 is 22.9 Å². The third-order valence-corrected chi connectivity index (χ3v) is 3.55. The molecule has 2 N–H and O–H groups in total. The molecular weight excluding hydrogens is 226 g/mol. The van der Waals surface area contributed by atoms with Crippen molar-refractivity contribution in [3.63, 3.8) is 0 Å². The Morgan fingerprint density at radius 1 is 1.13 bits per heavy atom. The SMILES string of the molecule is Cc1cc(-c2ccc(Cl)cc2N)c(C)s1. The second-order valence-electron chi connectivity index (χ2n) is 3.56. The summed E-state index contributed by atoms with van der Waals surface area (Å²) < 4.78 is 0. The van der Waals surface area contributed by atoms with Crippen LogP contribution in [0, 0.1) is 13.8 Å². The Kier molecular flexibility index (Phi) is 2.72. The highest BCUT2D eigenvalue weighted by Crippen LogP contribution is 2.34. The van der Waals surface area contributed by atoms with Crippen LogP contribution < -0.4 is 5.73 Å². The summed E-state index contributed by atoms with van der Waals surface area (Å²) in [5.41, 5.74) is 8.98. The van der Waals surface area contributed by atoms with E-state index in [1.54, 1.807) is 17.4 Å². The smallest absolute Gasteiger partial charge is 0.0426 e. The van der Waals surface area contributed by atoms with Crippen molar-refractivity contribution >= 4 is 28.6 Å². The molecule has 1 nitrogen and oxygen atoms in total. The molecule has 1 heterocycles. The van der Waals surface area contributed by atoms with Crippen molar-refractivity contribution in [2.24, 2.45) is 0 Å². The Labute approximate surface area is 98.5 Å². The minimum atomic E-state index is 0.681. The summed E-state index contributed by atoms with van der Waals surface area (Å²) in [5.74, 6) is 0. The van der Waals surface area contributed by atoms with Gasteiger partial charge >= 0.3 is 0 Å². The molecule has 0 unspecified atom stereocenters. The van der Waals surface area contributed by atoms with Crippen LogP contribution in [0.15, 0.2) is 24.3 Å². The van der Waals surface area contributed by atoms with Gasteiger partial charge < -0.3 is 5.73 Å². The number of thiophene rings is 1. The van der Waals surface area contributed by atoms with Gasteiger partial charge in [0, 0.05) is 26.0 Å². The largest absolute Gasteiger partial charge is 0.398 e. The third kappa shape index (κ3) is 2.01. The highest BCUT2D eigenvalue weighted by molar-refractivity contribution is 7.12. The van der Waals surface area contributed by atoms with E-state index in [0.29, 0.717) is 5.02 Å². The van der Waals surface area contributed by atoms with E-state index in [0.717, 1.165) is 11.3 Å². The molecule has 1 aromatic heterocycles. The van der Waals surface area contributed by atoms with Crippen molar-refractivity contribution in [3.05, 3.63) is 39.0 Å². The summed E-state index contributed by atoms with van der Waals surface area (Å²) in [7, 11) is 0. The summed E-state index contributed by atoms with van der Waals surface area (Å²) >= 11 is 7.66. The highest BCUT2D eigenvalue weighted by Gasteiger charge is 2.08. The molecule has 0 fully saturated rings. The lowest BCUT2D eigenvalue weighted by molar-refractivity contribution is 1.56. The van der Waals surface area contributed by atoms with Crippen LogP contribution in [0.4, 0.5) is 5.69 Å². The highest BCUT2D eigenvalue weighted by atomic mass is 35.5. The van der Waals surface area contributed by atoms with Crippen molar-refractivity contribution < 1.29 is 0 Å². The lowest BCUT2D eigenvalue weighted by Gasteiger charge is -2.05. The van der Waals surface area contributed by atoms with E-state index in [-0.39, 0.29) is 0 Å². The van der Waals surface area contributed by atoms with Gasteiger partial charge in [0.15, 0.2) is 0 Å². The first-order chi connectivity index (χ1) is 7.08. The van der Waals surface area contributed by atoms with Gasteiger partial charge in [-0.2, -0.15) is 0 Å². The molecule has 1 aromatic carbocycles. The Hall–Kier alpha value is -0.990. The van der Waals surface area contributed by atoms with Crippen molar-refractivity contribution in [2.45, 2.75) is 13.8 Å². The van der Waals surface area contributed by atoms with Crippen molar-refractivity contribution in [3.8, 4) is 11.1 Å². The molecule has 0 aliphatic heterocycles. The minimum Gasteiger partial charge on any atom is -0.398 e. The molecule has 0 spiro atoms. The summed E-state index contributed by atoms with van der Waals surface area (Å²) in [6.45, 7) is 4.22. The lowest BCUT2D eigenvalue weighted by Crippen LogP contribution is -1.89. The topological polar surface area (TPSA) is 26.0 Å². The third-order valence-electron chi connectivity index (χ3n) is 2.34. The van der Waals surface area contributed by atoms with Crippen LogP contribution in [0.1, 0.15) is 9.75 Å². The molecule has 15 heavy (non-hydrogen) atoms. The molecule has 0 saturated carbocycles. The normalized spacial score (nSPS) is 10.6. The average Bonchev–Trinajstić information content (AvgIpc) is 2.45. The molecule has 0 saturated heterocycles. The fourth-order valence-corrected chi connectivity index (χ4v) is 2.80. The number of anilines is 1. The molecule has 0 aliphatic rings. The molecular formula is C12H12ClNS. The second-order valence-corrected chi connectivity index (χ2v) is 5.46.